The molecule has 0 radical (unpaired) electrons. The number of aliphatic carboxylic acids is 1. The molecule has 2 atom stereocenters. The van der Waals surface area contributed by atoms with Gasteiger partial charge in [0, 0.05) is 0 Å². The summed E-state index contributed by atoms with van der Waals surface area (Å²) in [5.74, 6) is -1.43. The summed E-state index contributed by atoms with van der Waals surface area (Å²) in [6.45, 7) is 2.12. The highest BCUT2D eigenvalue weighted by molar-refractivity contribution is 7.91. The van der Waals surface area contributed by atoms with E-state index in [-0.39, 0.29) is 18.1 Å². The zero-order chi connectivity index (χ0) is 12.3. The predicted molar refractivity (Wildman–Crippen MR) is 57.9 cm³/mol. The number of hydrogen-bond acceptors (Lipinski definition) is 5. The number of hydrogen-bond donors (Lipinski definition) is 2. The number of carbonyl (C=O) groups is 1. The van der Waals surface area contributed by atoms with E-state index in [1.54, 1.807) is 0 Å². The Bertz CT molecular complexity index is 353. The van der Waals surface area contributed by atoms with Gasteiger partial charge in [-0.2, -0.15) is 0 Å². The van der Waals surface area contributed by atoms with Crippen molar-refractivity contribution < 1.29 is 23.4 Å². The van der Waals surface area contributed by atoms with Gasteiger partial charge in [-0.3, -0.25) is 9.69 Å². The lowest BCUT2D eigenvalue weighted by Crippen LogP contribution is -2.46. The standard InChI is InChI=1S/C9H17NO5S/c1-2-3-10(4-9(12)13)7-5-16(14,15)6-8(7)11/h7-8,11H,2-6H2,1H3,(H,12,13). The second-order valence-electron chi connectivity index (χ2n) is 4.08. The molecule has 0 aromatic rings. The Kier molecular flexibility index (Phi) is 4.28. The largest absolute Gasteiger partial charge is 0.480 e. The van der Waals surface area contributed by atoms with Crippen LogP contribution in [0.2, 0.25) is 0 Å². The maximum Gasteiger partial charge on any atom is 0.317 e. The zero-order valence-corrected chi connectivity index (χ0v) is 9.98. The molecule has 1 aliphatic rings. The van der Waals surface area contributed by atoms with Crippen LogP contribution in [-0.4, -0.2) is 66.2 Å². The summed E-state index contributed by atoms with van der Waals surface area (Å²) in [6, 6.07) is -0.582. The van der Waals surface area contributed by atoms with E-state index < -0.39 is 28.0 Å². The maximum atomic E-state index is 11.3. The van der Waals surface area contributed by atoms with E-state index in [1.165, 1.54) is 4.90 Å². The molecule has 0 saturated carbocycles. The molecule has 0 aromatic heterocycles. The molecule has 2 N–H and O–H groups in total. The normalized spacial score (nSPS) is 28.4. The maximum absolute atomic E-state index is 11.3. The highest BCUT2D eigenvalue weighted by Gasteiger charge is 2.40. The van der Waals surface area contributed by atoms with Gasteiger partial charge in [-0.05, 0) is 13.0 Å². The van der Waals surface area contributed by atoms with Crippen LogP contribution in [0.15, 0.2) is 0 Å². The summed E-state index contributed by atoms with van der Waals surface area (Å²) >= 11 is 0. The third-order valence-corrected chi connectivity index (χ3v) is 4.31. The summed E-state index contributed by atoms with van der Waals surface area (Å²) in [6.07, 6.45) is -0.257. The van der Waals surface area contributed by atoms with Crippen LogP contribution in [-0.2, 0) is 14.6 Å². The van der Waals surface area contributed by atoms with Crippen molar-refractivity contribution in [1.29, 1.82) is 0 Å². The van der Waals surface area contributed by atoms with Crippen molar-refractivity contribution in [2.24, 2.45) is 0 Å². The fourth-order valence-electron chi connectivity index (χ4n) is 1.98. The zero-order valence-electron chi connectivity index (χ0n) is 9.16. The number of carboxylic acids is 1. The monoisotopic (exact) mass is 251 g/mol. The third kappa shape index (κ3) is 3.43. The van der Waals surface area contributed by atoms with Gasteiger partial charge >= 0.3 is 5.97 Å². The Labute approximate surface area is 94.8 Å². The fraction of sp³-hybridized carbons (Fsp3) is 0.889. The lowest BCUT2D eigenvalue weighted by Gasteiger charge is -2.27. The van der Waals surface area contributed by atoms with Crippen molar-refractivity contribution in [3.63, 3.8) is 0 Å². The molecule has 0 amide bonds. The average Bonchev–Trinajstić information content (AvgIpc) is 2.38. The molecule has 1 rings (SSSR count). The topological polar surface area (TPSA) is 94.9 Å². The van der Waals surface area contributed by atoms with Gasteiger partial charge < -0.3 is 10.2 Å². The Morgan fingerprint density at radius 2 is 2.06 bits per heavy atom. The smallest absolute Gasteiger partial charge is 0.317 e. The molecule has 16 heavy (non-hydrogen) atoms. The van der Waals surface area contributed by atoms with Crippen molar-refractivity contribution in [2.45, 2.75) is 25.5 Å². The van der Waals surface area contributed by atoms with E-state index in [1.807, 2.05) is 6.92 Å². The molecule has 1 saturated heterocycles. The molecule has 2 unspecified atom stereocenters. The summed E-state index contributed by atoms with van der Waals surface area (Å²) in [7, 11) is -3.23. The minimum atomic E-state index is -3.23. The van der Waals surface area contributed by atoms with Crippen molar-refractivity contribution in [3.05, 3.63) is 0 Å². The van der Waals surface area contributed by atoms with Gasteiger partial charge in [0.15, 0.2) is 9.84 Å². The highest BCUT2D eigenvalue weighted by atomic mass is 32.2. The minimum absolute atomic E-state index is 0.151. The van der Waals surface area contributed by atoms with E-state index in [4.69, 9.17) is 5.11 Å². The predicted octanol–water partition coefficient (Wildman–Crippen LogP) is -1.06. The SMILES string of the molecule is CCCN(CC(=O)O)C1CS(=O)(=O)CC1O. The Balaban J connectivity index is 2.75. The average molecular weight is 251 g/mol. The highest BCUT2D eigenvalue weighted by Crippen LogP contribution is 2.18. The Hall–Kier alpha value is -0.660. The van der Waals surface area contributed by atoms with E-state index in [2.05, 4.69) is 0 Å². The van der Waals surface area contributed by atoms with Gasteiger partial charge in [-0.15, -0.1) is 0 Å². The number of sulfone groups is 1. The summed E-state index contributed by atoms with van der Waals surface area (Å²) in [5.41, 5.74) is 0. The van der Waals surface area contributed by atoms with Crippen LogP contribution >= 0.6 is 0 Å². The van der Waals surface area contributed by atoms with E-state index in [0.29, 0.717) is 6.54 Å². The summed E-state index contributed by atoms with van der Waals surface area (Å²) in [5, 5.41) is 18.3. The van der Waals surface area contributed by atoms with Crippen molar-refractivity contribution in [2.75, 3.05) is 24.6 Å². The quantitative estimate of drug-likeness (QED) is 0.647. The first-order chi connectivity index (χ1) is 7.35. The van der Waals surface area contributed by atoms with E-state index in [0.717, 1.165) is 6.42 Å². The van der Waals surface area contributed by atoms with Gasteiger partial charge in [-0.1, -0.05) is 6.92 Å². The number of nitrogens with zero attached hydrogens (tertiary/aromatic N) is 1. The fourth-order valence-corrected chi connectivity index (χ4v) is 3.81. The molecule has 1 aliphatic heterocycles. The number of aliphatic hydroxyl groups is 1. The minimum Gasteiger partial charge on any atom is -0.480 e. The van der Waals surface area contributed by atoms with Crippen LogP contribution in [0.5, 0.6) is 0 Å². The first-order valence-corrected chi connectivity index (χ1v) is 7.02. The van der Waals surface area contributed by atoms with Gasteiger partial charge in [0.1, 0.15) is 0 Å². The summed E-state index contributed by atoms with van der Waals surface area (Å²) < 4.78 is 22.6. The van der Waals surface area contributed by atoms with Crippen molar-refractivity contribution in [3.8, 4) is 0 Å². The number of aliphatic hydroxyl groups excluding tert-OH is 1. The first-order valence-electron chi connectivity index (χ1n) is 5.20. The third-order valence-electron chi connectivity index (χ3n) is 2.61. The van der Waals surface area contributed by atoms with Gasteiger partial charge in [0.05, 0.1) is 30.2 Å². The molecule has 7 heteroatoms. The van der Waals surface area contributed by atoms with Gasteiger partial charge in [-0.25, -0.2) is 8.42 Å². The van der Waals surface area contributed by atoms with Crippen LogP contribution in [0.3, 0.4) is 0 Å². The van der Waals surface area contributed by atoms with Crippen molar-refractivity contribution in [1.82, 2.24) is 4.90 Å². The first kappa shape index (κ1) is 13.4. The lowest BCUT2D eigenvalue weighted by molar-refractivity contribution is -0.139. The van der Waals surface area contributed by atoms with Crippen LogP contribution in [0, 0.1) is 0 Å². The Morgan fingerprint density at radius 1 is 1.44 bits per heavy atom. The second-order valence-corrected chi connectivity index (χ2v) is 6.23. The number of rotatable bonds is 5. The molecular formula is C9H17NO5S. The van der Waals surface area contributed by atoms with Crippen LogP contribution in [0.25, 0.3) is 0 Å². The molecule has 0 aliphatic carbocycles. The van der Waals surface area contributed by atoms with Crippen LogP contribution in [0.1, 0.15) is 13.3 Å². The molecule has 0 aromatic carbocycles. The van der Waals surface area contributed by atoms with Crippen molar-refractivity contribution >= 4 is 15.8 Å². The second kappa shape index (κ2) is 5.11. The van der Waals surface area contributed by atoms with E-state index >= 15 is 0 Å². The summed E-state index contributed by atoms with van der Waals surface area (Å²) in [4.78, 5) is 12.2. The molecule has 1 fully saturated rings. The molecular weight excluding hydrogens is 234 g/mol. The number of carboxylic acid groups (broad SMARTS) is 1. The van der Waals surface area contributed by atoms with E-state index in [9.17, 15) is 18.3 Å². The molecule has 6 nitrogen and oxygen atoms in total. The van der Waals surface area contributed by atoms with Gasteiger partial charge in [0.2, 0.25) is 0 Å². The molecule has 0 spiro atoms. The van der Waals surface area contributed by atoms with Crippen LogP contribution in [0.4, 0.5) is 0 Å². The molecule has 94 valence electrons. The Morgan fingerprint density at radius 3 is 2.44 bits per heavy atom. The molecule has 0 bridgehead atoms. The van der Waals surface area contributed by atoms with Gasteiger partial charge in [0.25, 0.3) is 0 Å². The molecule has 1 heterocycles. The van der Waals surface area contributed by atoms with Crippen LogP contribution < -0.4 is 0 Å². The lowest BCUT2D eigenvalue weighted by atomic mass is 10.1.